The molecule has 2 amide bonds. The molecule has 44 heavy (non-hydrogen) atoms. The lowest BCUT2D eigenvalue weighted by atomic mass is 9.85. The maximum Gasteiger partial charge on any atom is 0.391 e. The number of fused-ring (bicyclic) bond motifs is 1. The fourth-order valence-electron chi connectivity index (χ4n) is 4.58. The Morgan fingerprint density at radius 2 is 1.77 bits per heavy atom. The monoisotopic (exact) mass is 668 g/mol. The van der Waals surface area contributed by atoms with Gasteiger partial charge in [-0.15, -0.1) is 0 Å². The van der Waals surface area contributed by atoms with Gasteiger partial charge in [0.1, 0.15) is 11.1 Å². The summed E-state index contributed by atoms with van der Waals surface area (Å²) in [6, 6.07) is 3.71. The molecule has 2 heterocycles. The summed E-state index contributed by atoms with van der Waals surface area (Å²) in [4.78, 5) is 36.3. The number of nitrogens with zero attached hydrogens (tertiary/aromatic N) is 2. The summed E-state index contributed by atoms with van der Waals surface area (Å²) < 4.78 is 83.9. The van der Waals surface area contributed by atoms with Crippen LogP contribution in [0.5, 0.6) is 5.88 Å². The second-order valence-electron chi connectivity index (χ2n) is 10.7. The molecular weight excluding hydrogens is 641 g/mol. The first-order valence-electron chi connectivity index (χ1n) is 13.4. The molecule has 2 aromatic heterocycles. The Bertz CT molecular complexity index is 1520. The van der Waals surface area contributed by atoms with Gasteiger partial charge in [0.25, 0.3) is 18.2 Å². The van der Waals surface area contributed by atoms with Crippen molar-refractivity contribution in [2.24, 2.45) is 5.92 Å². The number of pyridine rings is 1. The number of benzene rings is 1. The van der Waals surface area contributed by atoms with Gasteiger partial charge in [-0.1, -0.05) is 29.3 Å². The molecule has 1 aliphatic rings. The van der Waals surface area contributed by atoms with E-state index < -0.39 is 54.5 Å². The number of halogens is 8. The molecule has 1 aromatic carbocycles. The van der Waals surface area contributed by atoms with Crippen LogP contribution in [-0.4, -0.2) is 57.7 Å². The highest BCUT2D eigenvalue weighted by Gasteiger charge is 2.41. The first-order valence-corrected chi connectivity index (χ1v) is 14.2. The number of carbonyl (C=O) groups excluding carboxylic acids is 2. The van der Waals surface area contributed by atoms with E-state index in [-0.39, 0.29) is 70.6 Å². The van der Waals surface area contributed by atoms with Crippen molar-refractivity contribution < 1.29 is 40.7 Å². The highest BCUT2D eigenvalue weighted by molar-refractivity contribution is 6.39. The molecule has 0 aliphatic heterocycles. The highest BCUT2D eigenvalue weighted by Crippen LogP contribution is 2.38. The number of imidazole rings is 1. The van der Waals surface area contributed by atoms with Crippen LogP contribution in [0.15, 0.2) is 18.2 Å². The molecule has 0 atom stereocenters. The standard InChI is InChI=1S/C27H28Cl2F6N6O3/c1-26(2,32)24(43)36-10-12-3-8-16(28)20(19(12)29)39-25-38-17-9-15(23(40-21(17)41-25)44-11-18(30)31)22(42)37-14-6-4-13(5-7-14)27(33,34)35/h3,8-9,13-14,18H,4-7,10-11H2,1-2H3,(H,36,43)(H,37,42)(H2,38,39,40,41). The molecule has 1 aliphatic carbocycles. The number of anilines is 2. The Morgan fingerprint density at radius 3 is 2.39 bits per heavy atom. The average molecular weight is 669 g/mol. The van der Waals surface area contributed by atoms with Crippen molar-refractivity contribution in [1.29, 1.82) is 0 Å². The van der Waals surface area contributed by atoms with E-state index in [0.29, 0.717) is 5.56 Å². The van der Waals surface area contributed by atoms with Gasteiger partial charge in [0.2, 0.25) is 11.8 Å². The third-order valence-corrected chi connectivity index (χ3v) is 7.69. The van der Waals surface area contributed by atoms with E-state index in [4.69, 9.17) is 27.9 Å². The zero-order chi connectivity index (χ0) is 32.4. The van der Waals surface area contributed by atoms with Crippen LogP contribution in [-0.2, 0) is 11.3 Å². The van der Waals surface area contributed by atoms with Gasteiger partial charge in [-0.05, 0) is 57.2 Å². The smallest absolute Gasteiger partial charge is 0.391 e. The van der Waals surface area contributed by atoms with Crippen molar-refractivity contribution in [3.05, 3.63) is 39.4 Å². The molecule has 3 aromatic rings. The van der Waals surface area contributed by atoms with E-state index >= 15 is 0 Å². The zero-order valence-corrected chi connectivity index (χ0v) is 24.9. The normalized spacial score (nSPS) is 17.5. The second kappa shape index (κ2) is 13.3. The van der Waals surface area contributed by atoms with Gasteiger partial charge in [-0.25, -0.2) is 18.2 Å². The van der Waals surface area contributed by atoms with E-state index in [0.717, 1.165) is 13.8 Å². The third kappa shape index (κ3) is 8.17. The van der Waals surface area contributed by atoms with Gasteiger partial charge in [0.15, 0.2) is 17.9 Å². The van der Waals surface area contributed by atoms with Crippen LogP contribution in [0.3, 0.4) is 0 Å². The van der Waals surface area contributed by atoms with E-state index in [1.54, 1.807) is 0 Å². The van der Waals surface area contributed by atoms with Crippen LogP contribution < -0.4 is 20.7 Å². The molecule has 4 N–H and O–H groups in total. The first kappa shape index (κ1) is 33.4. The summed E-state index contributed by atoms with van der Waals surface area (Å²) in [7, 11) is 0. The van der Waals surface area contributed by atoms with Crippen LogP contribution in [0.1, 0.15) is 55.5 Å². The van der Waals surface area contributed by atoms with E-state index in [2.05, 4.69) is 30.9 Å². The zero-order valence-electron chi connectivity index (χ0n) is 23.3. The Kier molecular flexibility index (Phi) is 10.1. The van der Waals surface area contributed by atoms with E-state index in [1.807, 2.05) is 0 Å². The Labute approximate surface area is 257 Å². The molecule has 1 fully saturated rings. The topological polar surface area (TPSA) is 121 Å². The molecule has 0 spiro atoms. The number of nitrogens with one attached hydrogen (secondary N) is 4. The lowest BCUT2D eigenvalue weighted by Gasteiger charge is -2.30. The number of hydrogen-bond donors (Lipinski definition) is 4. The Balaban J connectivity index is 1.56. The van der Waals surface area contributed by atoms with Gasteiger partial charge in [-0.2, -0.15) is 18.2 Å². The number of aromatic nitrogens is 3. The lowest BCUT2D eigenvalue weighted by Crippen LogP contribution is -2.40. The lowest BCUT2D eigenvalue weighted by molar-refractivity contribution is -0.182. The van der Waals surface area contributed by atoms with Crippen molar-refractivity contribution in [2.45, 2.75) is 70.4 Å². The molecule has 0 saturated heterocycles. The average Bonchev–Trinajstić information content (AvgIpc) is 3.33. The van der Waals surface area contributed by atoms with Crippen molar-refractivity contribution >= 4 is 57.8 Å². The molecule has 240 valence electrons. The molecule has 0 radical (unpaired) electrons. The van der Waals surface area contributed by atoms with E-state index in [1.165, 1.54) is 18.2 Å². The van der Waals surface area contributed by atoms with Gasteiger partial charge in [0, 0.05) is 12.6 Å². The SMILES string of the molecule is CC(C)(F)C(=O)NCc1ccc(Cl)c(Nc2nc3cc(C(=O)NC4CCC(C(F)(F)F)CC4)c(OCC(F)F)nc3[nH]2)c1Cl. The molecule has 4 rings (SSSR count). The Hall–Kier alpha value is -3.46. The van der Waals surface area contributed by atoms with Crippen LogP contribution >= 0.6 is 23.2 Å². The number of aromatic amines is 1. The second-order valence-corrected chi connectivity index (χ2v) is 11.5. The summed E-state index contributed by atoms with van der Waals surface area (Å²) in [5.74, 6) is -3.46. The number of carbonyl (C=O) groups is 2. The van der Waals surface area contributed by atoms with Gasteiger partial charge >= 0.3 is 6.18 Å². The first-order chi connectivity index (χ1) is 20.5. The largest absolute Gasteiger partial charge is 0.471 e. The third-order valence-electron chi connectivity index (χ3n) is 6.95. The summed E-state index contributed by atoms with van der Waals surface area (Å²) in [6.45, 7) is 1.04. The number of amides is 2. The quantitative estimate of drug-likeness (QED) is 0.175. The van der Waals surface area contributed by atoms with Crippen molar-refractivity contribution in [3.8, 4) is 5.88 Å². The summed E-state index contributed by atoms with van der Waals surface area (Å²) in [5, 5.41) is 8.20. The number of alkyl halides is 6. The maximum absolute atomic E-state index is 13.9. The van der Waals surface area contributed by atoms with Crippen LogP contribution in [0.25, 0.3) is 11.2 Å². The van der Waals surface area contributed by atoms with Crippen molar-refractivity contribution in [1.82, 2.24) is 25.6 Å². The van der Waals surface area contributed by atoms with Crippen molar-refractivity contribution in [3.63, 3.8) is 0 Å². The minimum atomic E-state index is -4.32. The van der Waals surface area contributed by atoms with Gasteiger partial charge in [-0.3, -0.25) is 9.59 Å². The van der Waals surface area contributed by atoms with Crippen molar-refractivity contribution in [2.75, 3.05) is 11.9 Å². The fraction of sp³-hybridized carbons (Fsp3) is 0.481. The predicted octanol–water partition coefficient (Wildman–Crippen LogP) is 6.87. The minimum Gasteiger partial charge on any atom is -0.471 e. The molecule has 0 unspecified atom stereocenters. The Morgan fingerprint density at radius 1 is 1.09 bits per heavy atom. The number of ether oxygens (including phenoxy) is 1. The molecule has 0 bridgehead atoms. The van der Waals surface area contributed by atoms with Gasteiger partial charge in [0.05, 0.1) is 21.7 Å². The molecule has 9 nitrogen and oxygen atoms in total. The number of hydrogen-bond acceptors (Lipinski definition) is 6. The molecular formula is C27H28Cl2F6N6O3. The maximum atomic E-state index is 13.9. The molecule has 1 saturated carbocycles. The van der Waals surface area contributed by atoms with Crippen LogP contribution in [0.2, 0.25) is 10.0 Å². The minimum absolute atomic E-state index is 0.0326. The summed E-state index contributed by atoms with van der Waals surface area (Å²) in [5.41, 5.74) is -1.62. The van der Waals surface area contributed by atoms with Crippen LogP contribution in [0, 0.1) is 5.92 Å². The summed E-state index contributed by atoms with van der Waals surface area (Å²) >= 11 is 12.8. The highest BCUT2D eigenvalue weighted by atomic mass is 35.5. The number of rotatable bonds is 10. The summed E-state index contributed by atoms with van der Waals surface area (Å²) in [6.07, 6.45) is -7.32. The fourth-order valence-corrected chi connectivity index (χ4v) is 5.11. The van der Waals surface area contributed by atoms with E-state index in [9.17, 15) is 35.9 Å². The number of H-pyrrole nitrogens is 1. The molecule has 17 heteroatoms. The van der Waals surface area contributed by atoms with Gasteiger partial charge < -0.3 is 25.7 Å². The van der Waals surface area contributed by atoms with Crippen LogP contribution in [0.4, 0.5) is 38.0 Å². The predicted molar refractivity (Wildman–Crippen MR) is 151 cm³/mol.